The van der Waals surface area contributed by atoms with Crippen molar-refractivity contribution >= 4 is 16.8 Å². The van der Waals surface area contributed by atoms with E-state index < -0.39 is 0 Å². The molecule has 1 amide bonds. The van der Waals surface area contributed by atoms with Crippen molar-refractivity contribution in [3.05, 3.63) is 60.3 Å². The average Bonchev–Trinajstić information content (AvgIpc) is 3.08. The third-order valence-corrected chi connectivity index (χ3v) is 5.07. The van der Waals surface area contributed by atoms with Crippen molar-refractivity contribution in [3.8, 4) is 0 Å². The van der Waals surface area contributed by atoms with Crippen LogP contribution in [0.2, 0.25) is 0 Å². The lowest BCUT2D eigenvalue weighted by molar-refractivity contribution is 0.0685. The maximum atomic E-state index is 12.5. The summed E-state index contributed by atoms with van der Waals surface area (Å²) < 4.78 is 1.81. The van der Waals surface area contributed by atoms with Gasteiger partial charge in [0.15, 0.2) is 0 Å². The molecule has 0 saturated carbocycles. The highest BCUT2D eigenvalue weighted by molar-refractivity contribution is 5.92. The first-order chi connectivity index (χ1) is 12.2. The zero-order valence-corrected chi connectivity index (χ0v) is 14.4. The van der Waals surface area contributed by atoms with E-state index in [2.05, 4.69) is 34.2 Å². The molecule has 5 heteroatoms. The number of piperidine rings is 1. The van der Waals surface area contributed by atoms with E-state index in [1.165, 1.54) is 10.9 Å². The second-order valence-electron chi connectivity index (χ2n) is 6.85. The lowest BCUT2D eigenvalue weighted by atomic mass is 9.88. The van der Waals surface area contributed by atoms with E-state index in [0.717, 1.165) is 37.9 Å². The number of nitrogens with zero attached hydrogens (tertiary/aromatic N) is 4. The summed E-state index contributed by atoms with van der Waals surface area (Å²) in [5, 5.41) is 1.25. The molecule has 0 aliphatic carbocycles. The zero-order chi connectivity index (χ0) is 17.2. The van der Waals surface area contributed by atoms with Gasteiger partial charge >= 0.3 is 0 Å². The summed E-state index contributed by atoms with van der Waals surface area (Å²) in [6.07, 6.45) is 8.43. The molecule has 0 spiro atoms. The van der Waals surface area contributed by atoms with E-state index in [-0.39, 0.29) is 5.91 Å². The number of imidazole rings is 1. The molecule has 3 heterocycles. The molecule has 128 valence electrons. The van der Waals surface area contributed by atoms with Gasteiger partial charge in [-0.3, -0.25) is 9.78 Å². The van der Waals surface area contributed by atoms with Gasteiger partial charge in [0, 0.05) is 37.9 Å². The fourth-order valence-corrected chi connectivity index (χ4v) is 3.68. The number of fused-ring (bicyclic) bond motifs is 1. The zero-order valence-electron chi connectivity index (χ0n) is 14.4. The molecule has 1 aliphatic rings. The molecule has 0 bridgehead atoms. The molecule has 3 aromatic rings. The first-order valence-corrected chi connectivity index (χ1v) is 8.80. The SMILES string of the molecule is Cn1cnc(C(=O)N2CCC(Cc3cccc4ncccc34)CC2)c1. The number of carbonyl (C=O) groups is 1. The fourth-order valence-electron chi connectivity index (χ4n) is 3.68. The van der Waals surface area contributed by atoms with E-state index in [4.69, 9.17) is 0 Å². The number of aromatic nitrogens is 3. The van der Waals surface area contributed by atoms with E-state index in [1.54, 1.807) is 12.5 Å². The van der Waals surface area contributed by atoms with Crippen LogP contribution in [0.5, 0.6) is 0 Å². The van der Waals surface area contributed by atoms with Crippen LogP contribution in [0.4, 0.5) is 0 Å². The molecule has 0 radical (unpaired) electrons. The van der Waals surface area contributed by atoms with Gasteiger partial charge in [-0.25, -0.2) is 4.98 Å². The Hall–Kier alpha value is -2.69. The number of aryl methyl sites for hydroxylation is 1. The average molecular weight is 334 g/mol. The summed E-state index contributed by atoms with van der Waals surface area (Å²) in [4.78, 5) is 23.0. The van der Waals surface area contributed by atoms with Gasteiger partial charge in [-0.2, -0.15) is 0 Å². The topological polar surface area (TPSA) is 51.0 Å². The Morgan fingerprint density at radius 2 is 2.00 bits per heavy atom. The number of likely N-dealkylation sites (tertiary alicyclic amines) is 1. The van der Waals surface area contributed by atoms with E-state index in [0.29, 0.717) is 11.6 Å². The molecule has 25 heavy (non-hydrogen) atoms. The Bertz CT molecular complexity index is 888. The third-order valence-electron chi connectivity index (χ3n) is 5.07. The van der Waals surface area contributed by atoms with Crippen molar-refractivity contribution in [1.29, 1.82) is 0 Å². The summed E-state index contributed by atoms with van der Waals surface area (Å²) in [6, 6.07) is 10.5. The first-order valence-electron chi connectivity index (χ1n) is 8.80. The van der Waals surface area contributed by atoms with Gasteiger partial charge < -0.3 is 9.47 Å². The van der Waals surface area contributed by atoms with Gasteiger partial charge in [0.1, 0.15) is 5.69 Å². The maximum absolute atomic E-state index is 12.5. The van der Waals surface area contributed by atoms with Gasteiger partial charge in [-0.05, 0) is 42.9 Å². The van der Waals surface area contributed by atoms with E-state index >= 15 is 0 Å². The highest BCUT2D eigenvalue weighted by Gasteiger charge is 2.25. The minimum Gasteiger partial charge on any atom is -0.340 e. The largest absolute Gasteiger partial charge is 0.340 e. The van der Waals surface area contributed by atoms with Gasteiger partial charge in [0.25, 0.3) is 5.91 Å². The van der Waals surface area contributed by atoms with Crippen LogP contribution in [0.1, 0.15) is 28.9 Å². The van der Waals surface area contributed by atoms with Crippen LogP contribution < -0.4 is 0 Å². The molecule has 4 rings (SSSR count). The number of amides is 1. The molecule has 5 nitrogen and oxygen atoms in total. The Kier molecular flexibility index (Phi) is 4.22. The number of benzene rings is 1. The standard InChI is InChI=1S/C20H22N4O/c1-23-13-19(22-14-23)20(25)24-10-7-15(8-11-24)12-16-4-2-6-18-17(16)5-3-9-21-18/h2-6,9,13-15H,7-8,10-12H2,1H3. The Labute approximate surface area is 147 Å². The summed E-state index contributed by atoms with van der Waals surface area (Å²) in [5.74, 6) is 0.659. The second-order valence-corrected chi connectivity index (χ2v) is 6.85. The monoisotopic (exact) mass is 334 g/mol. The number of hydrogen-bond donors (Lipinski definition) is 0. The van der Waals surface area contributed by atoms with Crippen LogP contribution in [-0.2, 0) is 13.5 Å². The van der Waals surface area contributed by atoms with Gasteiger partial charge in [0.2, 0.25) is 0 Å². The summed E-state index contributed by atoms with van der Waals surface area (Å²) >= 11 is 0. The molecular formula is C20H22N4O. The molecule has 1 aliphatic heterocycles. The maximum Gasteiger partial charge on any atom is 0.274 e. The summed E-state index contributed by atoms with van der Waals surface area (Å²) in [6.45, 7) is 1.62. The number of pyridine rings is 1. The molecular weight excluding hydrogens is 312 g/mol. The van der Waals surface area contributed by atoms with Crippen LogP contribution in [0, 0.1) is 5.92 Å². The van der Waals surface area contributed by atoms with Crippen molar-refractivity contribution in [2.24, 2.45) is 13.0 Å². The molecule has 0 atom stereocenters. The summed E-state index contributed by atoms with van der Waals surface area (Å²) in [7, 11) is 1.88. The summed E-state index contributed by atoms with van der Waals surface area (Å²) in [5.41, 5.74) is 2.96. The van der Waals surface area contributed by atoms with Crippen molar-refractivity contribution in [1.82, 2.24) is 19.4 Å². The van der Waals surface area contributed by atoms with Crippen LogP contribution in [-0.4, -0.2) is 38.4 Å². The minimum atomic E-state index is 0.0495. The van der Waals surface area contributed by atoms with Gasteiger partial charge in [0.05, 0.1) is 11.8 Å². The van der Waals surface area contributed by atoms with Crippen LogP contribution in [0.25, 0.3) is 10.9 Å². The lowest BCUT2D eigenvalue weighted by Crippen LogP contribution is -2.39. The lowest BCUT2D eigenvalue weighted by Gasteiger charge is -2.31. The Balaban J connectivity index is 1.41. The molecule has 1 saturated heterocycles. The predicted octanol–water partition coefficient (Wildman–Crippen LogP) is 3.06. The minimum absolute atomic E-state index is 0.0495. The fraction of sp³-hybridized carbons (Fsp3) is 0.350. The smallest absolute Gasteiger partial charge is 0.274 e. The molecule has 1 aromatic carbocycles. The molecule has 1 fully saturated rings. The Morgan fingerprint density at radius 3 is 2.76 bits per heavy atom. The van der Waals surface area contributed by atoms with E-state index in [1.807, 2.05) is 28.8 Å². The second kappa shape index (κ2) is 6.67. The molecule has 0 unspecified atom stereocenters. The predicted molar refractivity (Wildman–Crippen MR) is 97.3 cm³/mol. The van der Waals surface area contributed by atoms with Crippen LogP contribution >= 0.6 is 0 Å². The van der Waals surface area contributed by atoms with Crippen molar-refractivity contribution in [2.45, 2.75) is 19.3 Å². The molecule has 2 aromatic heterocycles. The Morgan fingerprint density at radius 1 is 1.16 bits per heavy atom. The quantitative estimate of drug-likeness (QED) is 0.740. The highest BCUT2D eigenvalue weighted by Crippen LogP contribution is 2.26. The van der Waals surface area contributed by atoms with Crippen molar-refractivity contribution < 1.29 is 4.79 Å². The highest BCUT2D eigenvalue weighted by atomic mass is 16.2. The van der Waals surface area contributed by atoms with Gasteiger partial charge in [-0.15, -0.1) is 0 Å². The third kappa shape index (κ3) is 3.27. The normalized spacial score (nSPS) is 15.6. The van der Waals surface area contributed by atoms with Crippen LogP contribution in [0.3, 0.4) is 0 Å². The number of hydrogen-bond acceptors (Lipinski definition) is 3. The van der Waals surface area contributed by atoms with Crippen LogP contribution in [0.15, 0.2) is 49.1 Å². The number of rotatable bonds is 3. The van der Waals surface area contributed by atoms with E-state index in [9.17, 15) is 4.79 Å². The van der Waals surface area contributed by atoms with Gasteiger partial charge in [-0.1, -0.05) is 18.2 Å². The molecule has 0 N–H and O–H groups in total. The number of carbonyl (C=O) groups excluding carboxylic acids is 1. The first kappa shape index (κ1) is 15.8. The van der Waals surface area contributed by atoms with Crippen molar-refractivity contribution in [2.75, 3.05) is 13.1 Å². The van der Waals surface area contributed by atoms with Crippen molar-refractivity contribution in [3.63, 3.8) is 0 Å².